The molecule has 21 heavy (non-hydrogen) atoms. The molecule has 2 aromatic rings. The molecule has 0 saturated carbocycles. The molecule has 112 valence electrons. The van der Waals surface area contributed by atoms with Crippen LogP contribution in [0.15, 0.2) is 18.6 Å². The van der Waals surface area contributed by atoms with Gasteiger partial charge in [-0.05, 0) is 25.8 Å². The van der Waals surface area contributed by atoms with Gasteiger partial charge in [0.05, 0.1) is 6.54 Å². The van der Waals surface area contributed by atoms with Crippen molar-refractivity contribution in [3.63, 3.8) is 0 Å². The van der Waals surface area contributed by atoms with Gasteiger partial charge in [-0.15, -0.1) is 21.5 Å². The van der Waals surface area contributed by atoms with E-state index in [2.05, 4.69) is 37.0 Å². The third-order valence-electron chi connectivity index (χ3n) is 3.96. The summed E-state index contributed by atoms with van der Waals surface area (Å²) in [5.41, 5.74) is 0. The van der Waals surface area contributed by atoms with Crippen LogP contribution in [-0.4, -0.2) is 51.2 Å². The van der Waals surface area contributed by atoms with Gasteiger partial charge in [0.15, 0.2) is 0 Å². The summed E-state index contributed by atoms with van der Waals surface area (Å²) >= 11 is 1.69. The topological polar surface area (TPSA) is 58.0 Å². The second-order valence-corrected chi connectivity index (χ2v) is 6.67. The molecule has 0 unspecified atom stereocenters. The summed E-state index contributed by atoms with van der Waals surface area (Å²) in [6.07, 6.45) is 5.71. The van der Waals surface area contributed by atoms with Crippen LogP contribution < -0.4 is 4.90 Å². The molecule has 3 rings (SSSR count). The van der Waals surface area contributed by atoms with Crippen molar-refractivity contribution in [2.75, 3.05) is 25.0 Å². The zero-order chi connectivity index (χ0) is 14.7. The highest BCUT2D eigenvalue weighted by atomic mass is 32.1. The lowest BCUT2D eigenvalue weighted by molar-refractivity contribution is 0.202. The molecule has 0 aromatic carbocycles. The third-order valence-corrected chi connectivity index (χ3v) is 4.78. The average molecular weight is 304 g/mol. The highest BCUT2D eigenvalue weighted by molar-refractivity contribution is 7.11. The number of hydrogen-bond acceptors (Lipinski definition) is 7. The number of aromatic nitrogens is 4. The van der Waals surface area contributed by atoms with Gasteiger partial charge >= 0.3 is 0 Å². The van der Waals surface area contributed by atoms with Gasteiger partial charge in [0.25, 0.3) is 0 Å². The molecule has 3 heterocycles. The first-order chi connectivity index (χ1) is 10.2. The van der Waals surface area contributed by atoms with Crippen LogP contribution in [0.5, 0.6) is 0 Å². The van der Waals surface area contributed by atoms with E-state index < -0.39 is 0 Å². The largest absolute Gasteiger partial charge is 0.356 e. The Hall–Kier alpha value is -1.60. The second kappa shape index (κ2) is 6.44. The average Bonchev–Trinajstić information content (AvgIpc) is 2.93. The SMILES string of the molecule is Cc1nnc(CN2CCC(N(C)c3ccncn3)CC2)s1. The Balaban J connectivity index is 1.53. The number of hydrogen-bond donors (Lipinski definition) is 0. The van der Waals surface area contributed by atoms with Crippen molar-refractivity contribution < 1.29 is 0 Å². The quantitative estimate of drug-likeness (QED) is 0.857. The maximum absolute atomic E-state index is 4.33. The molecule has 1 saturated heterocycles. The van der Waals surface area contributed by atoms with E-state index in [-0.39, 0.29) is 0 Å². The summed E-state index contributed by atoms with van der Waals surface area (Å²) < 4.78 is 0. The predicted molar refractivity (Wildman–Crippen MR) is 83.4 cm³/mol. The lowest BCUT2D eigenvalue weighted by Gasteiger charge is -2.36. The van der Waals surface area contributed by atoms with Gasteiger partial charge < -0.3 is 4.90 Å². The Morgan fingerprint density at radius 3 is 2.76 bits per heavy atom. The van der Waals surface area contributed by atoms with E-state index in [0.29, 0.717) is 6.04 Å². The molecule has 6 nitrogen and oxygen atoms in total. The summed E-state index contributed by atoms with van der Waals surface area (Å²) in [7, 11) is 2.12. The first-order valence-electron chi connectivity index (χ1n) is 7.22. The highest BCUT2D eigenvalue weighted by Crippen LogP contribution is 2.21. The molecule has 0 bridgehead atoms. The fraction of sp³-hybridized carbons (Fsp3) is 0.571. The van der Waals surface area contributed by atoms with Gasteiger partial charge in [0.2, 0.25) is 0 Å². The lowest BCUT2D eigenvalue weighted by Crippen LogP contribution is -2.43. The molecular weight excluding hydrogens is 284 g/mol. The summed E-state index contributed by atoms with van der Waals surface area (Å²) in [4.78, 5) is 13.0. The summed E-state index contributed by atoms with van der Waals surface area (Å²) in [5.74, 6) is 1.00. The van der Waals surface area contributed by atoms with Crippen LogP contribution in [0.1, 0.15) is 22.9 Å². The van der Waals surface area contributed by atoms with E-state index in [0.717, 1.165) is 48.3 Å². The van der Waals surface area contributed by atoms with Gasteiger partial charge in [-0.25, -0.2) is 9.97 Å². The minimum Gasteiger partial charge on any atom is -0.356 e. The molecule has 0 radical (unpaired) electrons. The number of piperidine rings is 1. The van der Waals surface area contributed by atoms with Crippen molar-refractivity contribution in [3.05, 3.63) is 28.6 Å². The maximum atomic E-state index is 4.33. The molecule has 0 atom stereocenters. The Bertz CT molecular complexity index is 564. The van der Waals surface area contributed by atoms with Crippen molar-refractivity contribution in [3.8, 4) is 0 Å². The summed E-state index contributed by atoms with van der Waals surface area (Å²) in [6, 6.07) is 2.52. The molecule has 1 aliphatic rings. The van der Waals surface area contributed by atoms with E-state index in [1.54, 1.807) is 23.9 Å². The summed E-state index contributed by atoms with van der Waals surface area (Å²) in [5, 5.41) is 10.5. The zero-order valence-electron chi connectivity index (χ0n) is 12.4. The normalized spacial score (nSPS) is 17.0. The molecular formula is C14H20N6S. The van der Waals surface area contributed by atoms with Crippen LogP contribution in [0.3, 0.4) is 0 Å². The van der Waals surface area contributed by atoms with Crippen molar-refractivity contribution >= 4 is 17.2 Å². The number of rotatable bonds is 4. The molecule has 0 aliphatic carbocycles. The smallest absolute Gasteiger partial charge is 0.131 e. The fourth-order valence-electron chi connectivity index (χ4n) is 2.74. The molecule has 0 N–H and O–H groups in total. The Kier molecular flexibility index (Phi) is 4.40. The van der Waals surface area contributed by atoms with E-state index in [9.17, 15) is 0 Å². The number of nitrogens with zero attached hydrogens (tertiary/aromatic N) is 6. The predicted octanol–water partition coefficient (Wildman–Crippen LogP) is 1.74. The van der Waals surface area contributed by atoms with E-state index in [4.69, 9.17) is 0 Å². The van der Waals surface area contributed by atoms with Crippen molar-refractivity contribution in [2.45, 2.75) is 32.4 Å². The molecule has 7 heteroatoms. The van der Waals surface area contributed by atoms with Crippen LogP contribution in [0, 0.1) is 6.92 Å². The summed E-state index contributed by atoms with van der Waals surface area (Å²) in [6.45, 7) is 5.12. The van der Waals surface area contributed by atoms with Crippen LogP contribution >= 0.6 is 11.3 Å². The van der Waals surface area contributed by atoms with Crippen molar-refractivity contribution in [1.29, 1.82) is 0 Å². The molecule has 1 aliphatic heterocycles. The van der Waals surface area contributed by atoms with Crippen LogP contribution in [-0.2, 0) is 6.54 Å². The number of likely N-dealkylation sites (tertiary alicyclic amines) is 1. The van der Waals surface area contributed by atoms with E-state index >= 15 is 0 Å². The second-order valence-electron chi connectivity index (χ2n) is 5.40. The van der Waals surface area contributed by atoms with Crippen molar-refractivity contribution in [2.24, 2.45) is 0 Å². The minimum absolute atomic E-state index is 0.548. The van der Waals surface area contributed by atoms with Crippen LogP contribution in [0.25, 0.3) is 0 Å². The van der Waals surface area contributed by atoms with E-state index in [1.807, 2.05) is 13.0 Å². The van der Waals surface area contributed by atoms with Gasteiger partial charge in [-0.2, -0.15) is 0 Å². The maximum Gasteiger partial charge on any atom is 0.131 e. The molecule has 0 spiro atoms. The van der Waals surface area contributed by atoms with Crippen LogP contribution in [0.4, 0.5) is 5.82 Å². The van der Waals surface area contributed by atoms with Gasteiger partial charge in [0, 0.05) is 32.4 Å². The highest BCUT2D eigenvalue weighted by Gasteiger charge is 2.23. The van der Waals surface area contributed by atoms with Gasteiger partial charge in [0.1, 0.15) is 22.2 Å². The standard InChI is InChI=1S/C14H20N6S/c1-11-17-18-14(21-11)9-20-7-4-12(5-8-20)19(2)13-3-6-15-10-16-13/h3,6,10,12H,4-5,7-9H2,1-2H3. The fourth-order valence-corrected chi connectivity index (χ4v) is 3.49. The van der Waals surface area contributed by atoms with Gasteiger partial charge in [-0.1, -0.05) is 0 Å². The van der Waals surface area contributed by atoms with Crippen molar-refractivity contribution in [1.82, 2.24) is 25.1 Å². The first kappa shape index (κ1) is 14.3. The minimum atomic E-state index is 0.548. The van der Waals surface area contributed by atoms with E-state index in [1.165, 1.54) is 0 Å². The Morgan fingerprint density at radius 2 is 2.14 bits per heavy atom. The third kappa shape index (κ3) is 3.54. The monoisotopic (exact) mass is 304 g/mol. The number of aryl methyl sites for hydroxylation is 1. The molecule has 1 fully saturated rings. The zero-order valence-corrected chi connectivity index (χ0v) is 13.3. The first-order valence-corrected chi connectivity index (χ1v) is 8.04. The van der Waals surface area contributed by atoms with Crippen LogP contribution in [0.2, 0.25) is 0 Å². The Morgan fingerprint density at radius 1 is 1.33 bits per heavy atom. The molecule has 0 amide bonds. The number of anilines is 1. The Labute approximate surface area is 128 Å². The lowest BCUT2D eigenvalue weighted by atomic mass is 10.0. The van der Waals surface area contributed by atoms with Gasteiger partial charge in [-0.3, -0.25) is 4.90 Å². The molecule has 2 aromatic heterocycles.